The van der Waals surface area contributed by atoms with Crippen LogP contribution in [0.3, 0.4) is 0 Å². The van der Waals surface area contributed by atoms with Gasteiger partial charge in [0, 0.05) is 12.6 Å². The summed E-state index contributed by atoms with van der Waals surface area (Å²) >= 11 is 14.9. The van der Waals surface area contributed by atoms with Crippen LogP contribution >= 0.6 is 39.1 Å². The molecule has 0 atom stereocenters. The molecule has 0 aliphatic carbocycles. The zero-order valence-corrected chi connectivity index (χ0v) is 13.9. The summed E-state index contributed by atoms with van der Waals surface area (Å²) in [6, 6.07) is 3.51. The molecule has 8 heteroatoms. The second-order valence-electron chi connectivity index (χ2n) is 4.05. The van der Waals surface area contributed by atoms with Gasteiger partial charge in [-0.05, 0) is 35.0 Å². The number of pyridine rings is 1. The topological polar surface area (TPSA) is 37.0 Å². The van der Waals surface area contributed by atoms with Crippen molar-refractivity contribution >= 4 is 56.5 Å². The van der Waals surface area contributed by atoms with Gasteiger partial charge < -0.3 is 10.6 Å². The maximum atomic E-state index is 13.8. The lowest BCUT2D eigenvalue weighted by Gasteiger charge is -2.12. The fourth-order valence-electron chi connectivity index (χ4n) is 1.59. The van der Waals surface area contributed by atoms with Gasteiger partial charge in [-0.15, -0.1) is 0 Å². The Bertz CT molecular complexity index is 683. The van der Waals surface area contributed by atoms with Crippen LogP contribution in [0.1, 0.15) is 6.92 Å². The molecule has 0 radical (unpaired) electrons. The number of nitrogens with one attached hydrogen (secondary N) is 2. The lowest BCUT2D eigenvalue weighted by molar-refractivity contribution is 0.598. The first-order valence-electron chi connectivity index (χ1n) is 5.93. The standard InChI is InChI=1S/C13H10BrCl2F2N3/c1-2-19-12-7(15)4-8(16)13(21-12)20-11-5-9(17)6(14)3-10(11)18/h3-5H,2H2,1H3,(H2,19,20,21). The van der Waals surface area contributed by atoms with Crippen LogP contribution in [0.15, 0.2) is 22.7 Å². The van der Waals surface area contributed by atoms with Crippen LogP contribution in [0.5, 0.6) is 0 Å². The summed E-state index contributed by atoms with van der Waals surface area (Å²) in [6.45, 7) is 2.48. The van der Waals surface area contributed by atoms with E-state index in [1.165, 1.54) is 6.07 Å². The van der Waals surface area contributed by atoms with Crippen molar-refractivity contribution in [2.45, 2.75) is 6.92 Å². The first kappa shape index (κ1) is 16.3. The van der Waals surface area contributed by atoms with Gasteiger partial charge in [0.05, 0.1) is 20.2 Å². The van der Waals surface area contributed by atoms with Gasteiger partial charge >= 0.3 is 0 Å². The lowest BCUT2D eigenvalue weighted by Crippen LogP contribution is -2.04. The van der Waals surface area contributed by atoms with E-state index in [4.69, 9.17) is 23.2 Å². The van der Waals surface area contributed by atoms with Crippen molar-refractivity contribution in [3.8, 4) is 0 Å². The number of hydrogen-bond donors (Lipinski definition) is 2. The Hall–Kier alpha value is -1.11. The normalized spacial score (nSPS) is 10.6. The highest BCUT2D eigenvalue weighted by molar-refractivity contribution is 9.10. The number of hydrogen-bond acceptors (Lipinski definition) is 3. The van der Waals surface area contributed by atoms with Gasteiger partial charge in [0.1, 0.15) is 17.5 Å². The fraction of sp³-hybridized carbons (Fsp3) is 0.154. The number of anilines is 3. The first-order chi connectivity index (χ1) is 9.92. The molecule has 2 rings (SSSR count). The van der Waals surface area contributed by atoms with Crippen LogP contribution in [-0.2, 0) is 0 Å². The van der Waals surface area contributed by atoms with Crippen LogP contribution in [0.2, 0.25) is 10.0 Å². The van der Waals surface area contributed by atoms with Crippen molar-refractivity contribution < 1.29 is 8.78 Å². The van der Waals surface area contributed by atoms with Crippen molar-refractivity contribution in [3.05, 3.63) is 44.4 Å². The summed E-state index contributed by atoms with van der Waals surface area (Å²) in [4.78, 5) is 4.16. The van der Waals surface area contributed by atoms with Crippen molar-refractivity contribution in [1.82, 2.24) is 4.98 Å². The van der Waals surface area contributed by atoms with Crippen LogP contribution < -0.4 is 10.6 Å². The molecular formula is C13H10BrCl2F2N3. The minimum atomic E-state index is -0.638. The number of halogens is 5. The molecule has 0 bridgehead atoms. The maximum Gasteiger partial charge on any atom is 0.151 e. The van der Waals surface area contributed by atoms with Crippen molar-refractivity contribution in [3.63, 3.8) is 0 Å². The molecule has 0 aliphatic rings. The van der Waals surface area contributed by atoms with Gasteiger partial charge in [-0.2, -0.15) is 0 Å². The van der Waals surface area contributed by atoms with E-state index in [2.05, 4.69) is 31.5 Å². The lowest BCUT2D eigenvalue weighted by atomic mass is 10.3. The van der Waals surface area contributed by atoms with Gasteiger partial charge in [0.2, 0.25) is 0 Å². The molecule has 1 aromatic carbocycles. The van der Waals surface area contributed by atoms with E-state index in [0.717, 1.165) is 12.1 Å². The molecule has 2 aromatic rings. The molecule has 0 aliphatic heterocycles. The minimum Gasteiger partial charge on any atom is -0.369 e. The average molecular weight is 397 g/mol. The SMILES string of the molecule is CCNc1nc(Nc2cc(F)c(Br)cc2F)c(Cl)cc1Cl. The summed E-state index contributed by atoms with van der Waals surface area (Å²) in [5, 5.41) is 6.15. The van der Waals surface area contributed by atoms with Crippen molar-refractivity contribution in [2.24, 2.45) is 0 Å². The molecule has 0 saturated heterocycles. The monoisotopic (exact) mass is 395 g/mol. The maximum absolute atomic E-state index is 13.8. The summed E-state index contributed by atoms with van der Waals surface area (Å²) in [5.41, 5.74) is -0.0742. The van der Waals surface area contributed by atoms with E-state index in [1.54, 1.807) is 0 Å². The van der Waals surface area contributed by atoms with Crippen LogP contribution in [-0.4, -0.2) is 11.5 Å². The summed E-state index contributed by atoms with van der Waals surface area (Å²) in [7, 11) is 0. The molecule has 112 valence electrons. The predicted octanol–water partition coefficient (Wildman–Crippen LogP) is 5.60. The van der Waals surface area contributed by atoms with E-state index >= 15 is 0 Å². The van der Waals surface area contributed by atoms with E-state index in [9.17, 15) is 8.78 Å². The molecule has 0 amide bonds. The molecule has 0 fully saturated rings. The van der Waals surface area contributed by atoms with Gasteiger partial charge in [0.15, 0.2) is 5.82 Å². The third kappa shape index (κ3) is 3.75. The molecular weight excluding hydrogens is 387 g/mol. The fourth-order valence-corrected chi connectivity index (χ4v) is 2.38. The Morgan fingerprint density at radius 2 is 1.76 bits per heavy atom. The zero-order chi connectivity index (χ0) is 15.6. The second kappa shape index (κ2) is 6.77. The molecule has 0 spiro atoms. The molecule has 21 heavy (non-hydrogen) atoms. The molecule has 1 heterocycles. The number of benzene rings is 1. The zero-order valence-electron chi connectivity index (χ0n) is 10.8. The average Bonchev–Trinajstić information content (AvgIpc) is 2.41. The van der Waals surface area contributed by atoms with E-state index in [-0.39, 0.29) is 21.0 Å². The Morgan fingerprint density at radius 1 is 1.10 bits per heavy atom. The Labute approximate surface area is 138 Å². The summed E-state index contributed by atoms with van der Waals surface area (Å²) in [6.07, 6.45) is 0. The van der Waals surface area contributed by atoms with Gasteiger partial charge in [-0.25, -0.2) is 13.8 Å². The van der Waals surface area contributed by atoms with Crippen LogP contribution in [0.4, 0.5) is 26.1 Å². The largest absolute Gasteiger partial charge is 0.369 e. The van der Waals surface area contributed by atoms with Crippen LogP contribution in [0, 0.1) is 11.6 Å². The molecule has 1 aromatic heterocycles. The van der Waals surface area contributed by atoms with Crippen molar-refractivity contribution in [2.75, 3.05) is 17.2 Å². The third-order valence-corrected chi connectivity index (χ3v) is 3.72. The summed E-state index contributed by atoms with van der Waals surface area (Å²) < 4.78 is 27.3. The smallest absolute Gasteiger partial charge is 0.151 e. The number of nitrogens with zero attached hydrogens (tertiary/aromatic N) is 1. The number of rotatable bonds is 4. The van der Waals surface area contributed by atoms with E-state index < -0.39 is 11.6 Å². The van der Waals surface area contributed by atoms with Crippen molar-refractivity contribution in [1.29, 1.82) is 0 Å². The third-order valence-electron chi connectivity index (χ3n) is 2.54. The summed E-state index contributed by atoms with van der Waals surface area (Å²) in [5.74, 6) is -0.654. The van der Waals surface area contributed by atoms with E-state index in [1.807, 2.05) is 6.92 Å². The highest BCUT2D eigenvalue weighted by Crippen LogP contribution is 2.32. The van der Waals surface area contributed by atoms with Crippen LogP contribution in [0.25, 0.3) is 0 Å². The Kier molecular flexibility index (Phi) is 5.24. The van der Waals surface area contributed by atoms with E-state index in [0.29, 0.717) is 17.4 Å². The Balaban J connectivity index is 2.39. The van der Waals surface area contributed by atoms with Gasteiger partial charge in [-0.3, -0.25) is 0 Å². The molecule has 3 nitrogen and oxygen atoms in total. The highest BCUT2D eigenvalue weighted by Gasteiger charge is 2.13. The minimum absolute atomic E-state index is 0.0362. The quantitative estimate of drug-likeness (QED) is 0.660. The molecule has 0 saturated carbocycles. The second-order valence-corrected chi connectivity index (χ2v) is 5.72. The highest BCUT2D eigenvalue weighted by atomic mass is 79.9. The predicted molar refractivity (Wildman–Crippen MR) is 85.8 cm³/mol. The Morgan fingerprint density at radius 3 is 2.43 bits per heavy atom. The first-order valence-corrected chi connectivity index (χ1v) is 7.48. The van der Waals surface area contributed by atoms with Gasteiger partial charge in [-0.1, -0.05) is 23.2 Å². The van der Waals surface area contributed by atoms with Gasteiger partial charge in [0.25, 0.3) is 0 Å². The molecule has 2 N–H and O–H groups in total. The number of aromatic nitrogens is 1. The molecule has 0 unspecified atom stereocenters.